The molecule has 0 unspecified atom stereocenters. The molecule has 2 aromatic heterocycles. The fraction of sp³-hybridized carbons (Fsp3) is 0.314. The highest BCUT2D eigenvalue weighted by Crippen LogP contribution is 2.33. The second-order valence-corrected chi connectivity index (χ2v) is 12.1. The maximum absolute atomic E-state index is 12.9. The molecule has 43 heavy (non-hydrogen) atoms. The molecule has 0 radical (unpaired) electrons. The molecular formula is C35H37BrN6O. The van der Waals surface area contributed by atoms with Crippen LogP contribution < -0.4 is 16.0 Å². The summed E-state index contributed by atoms with van der Waals surface area (Å²) in [5.41, 5.74) is 8.47. The third kappa shape index (κ3) is 6.64. The molecule has 0 bridgehead atoms. The standard InChI is InChI=1S/C35H37BrN6O/c1-23-28(36)13-10-16-29(23)42-34-27-18-17-24(21-32(27)39-22-40-34)35(43)38-20-9-3-2-8-19-37-33-25-11-4-6-14-30(25)41-31-15-7-5-12-26(31)33/h4,6,10-11,13-14,16-18,21-22H,2-3,5,7-9,12,15,19-20H2,1H3,(H,37,41)(H,38,43)(H,39,40,42). The number of para-hydroxylation sites is 1. The molecule has 0 saturated heterocycles. The smallest absolute Gasteiger partial charge is 0.251 e. The molecule has 3 aromatic carbocycles. The molecule has 6 rings (SSSR count). The minimum atomic E-state index is -0.0751. The van der Waals surface area contributed by atoms with Crippen LogP contribution in [0.2, 0.25) is 0 Å². The summed E-state index contributed by atoms with van der Waals surface area (Å²) in [6.07, 6.45) is 10.4. The van der Waals surface area contributed by atoms with Crippen LogP contribution in [-0.4, -0.2) is 33.9 Å². The number of benzene rings is 3. The lowest BCUT2D eigenvalue weighted by molar-refractivity contribution is 0.0953. The summed E-state index contributed by atoms with van der Waals surface area (Å²) < 4.78 is 1.03. The van der Waals surface area contributed by atoms with Gasteiger partial charge in [0.25, 0.3) is 5.91 Å². The molecular weight excluding hydrogens is 600 g/mol. The topological polar surface area (TPSA) is 91.8 Å². The first-order valence-corrected chi connectivity index (χ1v) is 16.1. The Morgan fingerprint density at radius 3 is 2.60 bits per heavy atom. The third-order valence-electron chi connectivity index (χ3n) is 8.28. The van der Waals surface area contributed by atoms with Crippen LogP contribution >= 0.6 is 15.9 Å². The Morgan fingerprint density at radius 1 is 0.860 bits per heavy atom. The number of anilines is 3. The average molecular weight is 638 g/mol. The Labute approximate surface area is 261 Å². The largest absolute Gasteiger partial charge is 0.384 e. The Bertz CT molecular complexity index is 1770. The van der Waals surface area contributed by atoms with E-state index in [2.05, 4.69) is 66.1 Å². The Balaban J connectivity index is 0.970. The first kappa shape index (κ1) is 29.1. The summed E-state index contributed by atoms with van der Waals surface area (Å²) in [5, 5.41) is 12.3. The van der Waals surface area contributed by atoms with Gasteiger partial charge in [-0.2, -0.15) is 0 Å². The highest BCUT2D eigenvalue weighted by molar-refractivity contribution is 9.10. The van der Waals surface area contributed by atoms with E-state index in [1.807, 2.05) is 43.3 Å². The quantitative estimate of drug-likeness (QED) is 0.126. The van der Waals surface area contributed by atoms with E-state index in [1.54, 1.807) is 0 Å². The number of hydrogen-bond acceptors (Lipinski definition) is 6. The van der Waals surface area contributed by atoms with Crippen molar-refractivity contribution in [2.45, 2.75) is 58.3 Å². The van der Waals surface area contributed by atoms with Crippen molar-refractivity contribution in [1.29, 1.82) is 0 Å². The van der Waals surface area contributed by atoms with E-state index < -0.39 is 0 Å². The Kier molecular flexibility index (Phi) is 9.13. The van der Waals surface area contributed by atoms with Crippen LogP contribution in [0, 0.1) is 6.92 Å². The van der Waals surface area contributed by atoms with E-state index in [1.165, 1.54) is 41.5 Å². The molecule has 3 N–H and O–H groups in total. The second-order valence-electron chi connectivity index (χ2n) is 11.2. The van der Waals surface area contributed by atoms with Crippen LogP contribution in [0.3, 0.4) is 0 Å². The summed E-state index contributed by atoms with van der Waals surface area (Å²) in [7, 11) is 0. The lowest BCUT2D eigenvalue weighted by atomic mass is 9.92. The average Bonchev–Trinajstić information content (AvgIpc) is 3.03. The molecule has 0 atom stereocenters. The van der Waals surface area contributed by atoms with Gasteiger partial charge in [0.1, 0.15) is 12.1 Å². The first-order chi connectivity index (χ1) is 21.1. The number of halogens is 1. The van der Waals surface area contributed by atoms with Crippen molar-refractivity contribution in [3.05, 3.63) is 93.8 Å². The molecule has 220 valence electrons. The highest BCUT2D eigenvalue weighted by Gasteiger charge is 2.18. The van der Waals surface area contributed by atoms with Crippen LogP contribution in [0.1, 0.15) is 65.7 Å². The van der Waals surface area contributed by atoms with Gasteiger partial charge in [0.15, 0.2) is 0 Å². The van der Waals surface area contributed by atoms with Crippen LogP contribution in [-0.2, 0) is 12.8 Å². The van der Waals surface area contributed by atoms with Crippen molar-refractivity contribution >= 4 is 60.8 Å². The summed E-state index contributed by atoms with van der Waals surface area (Å²) in [4.78, 5) is 26.7. The normalized spacial score (nSPS) is 12.7. The van der Waals surface area contributed by atoms with Gasteiger partial charge in [-0.15, -0.1) is 0 Å². The van der Waals surface area contributed by atoms with Gasteiger partial charge >= 0.3 is 0 Å². The predicted octanol–water partition coefficient (Wildman–Crippen LogP) is 8.27. The van der Waals surface area contributed by atoms with Gasteiger partial charge in [0.05, 0.1) is 11.0 Å². The van der Waals surface area contributed by atoms with E-state index in [0.29, 0.717) is 17.9 Å². The van der Waals surface area contributed by atoms with Gasteiger partial charge in [-0.05, 0) is 93.0 Å². The minimum absolute atomic E-state index is 0.0751. The maximum atomic E-state index is 12.9. The number of hydrogen-bond donors (Lipinski definition) is 3. The number of carbonyl (C=O) groups is 1. The van der Waals surface area contributed by atoms with Crippen molar-refractivity contribution in [3.8, 4) is 0 Å². The van der Waals surface area contributed by atoms with Crippen molar-refractivity contribution < 1.29 is 4.79 Å². The number of rotatable bonds is 11. The minimum Gasteiger partial charge on any atom is -0.384 e. The molecule has 7 nitrogen and oxygen atoms in total. The highest BCUT2D eigenvalue weighted by atomic mass is 79.9. The van der Waals surface area contributed by atoms with Crippen molar-refractivity contribution in [2.75, 3.05) is 23.7 Å². The van der Waals surface area contributed by atoms with E-state index >= 15 is 0 Å². The van der Waals surface area contributed by atoms with Gasteiger partial charge in [0.2, 0.25) is 0 Å². The van der Waals surface area contributed by atoms with Gasteiger partial charge in [0, 0.05) is 51.0 Å². The zero-order valence-electron chi connectivity index (χ0n) is 24.5. The van der Waals surface area contributed by atoms with Crippen LogP contribution in [0.25, 0.3) is 21.8 Å². The number of aromatic nitrogens is 3. The first-order valence-electron chi connectivity index (χ1n) is 15.3. The monoisotopic (exact) mass is 636 g/mol. The third-order valence-corrected chi connectivity index (χ3v) is 9.14. The van der Waals surface area contributed by atoms with Crippen molar-refractivity contribution in [1.82, 2.24) is 20.3 Å². The van der Waals surface area contributed by atoms with Crippen LogP contribution in [0.5, 0.6) is 0 Å². The molecule has 5 aromatic rings. The fourth-order valence-corrected chi connectivity index (χ4v) is 6.23. The number of pyridine rings is 1. The second kappa shape index (κ2) is 13.5. The molecule has 0 aliphatic heterocycles. The summed E-state index contributed by atoms with van der Waals surface area (Å²) in [5.74, 6) is 0.638. The lowest BCUT2D eigenvalue weighted by Gasteiger charge is -2.21. The van der Waals surface area contributed by atoms with Gasteiger partial charge < -0.3 is 16.0 Å². The number of unbranched alkanes of at least 4 members (excludes halogenated alkanes) is 3. The van der Waals surface area contributed by atoms with Crippen molar-refractivity contribution in [2.24, 2.45) is 0 Å². The molecule has 0 spiro atoms. The number of aryl methyl sites for hydroxylation is 1. The number of nitrogens with zero attached hydrogens (tertiary/aromatic N) is 3. The van der Waals surface area contributed by atoms with Crippen molar-refractivity contribution in [3.63, 3.8) is 0 Å². The summed E-state index contributed by atoms with van der Waals surface area (Å²) >= 11 is 3.58. The SMILES string of the molecule is Cc1c(Br)cccc1Nc1ncnc2cc(C(=O)NCCCCCCNc3c4c(nc5ccccc35)CCCC4)ccc12. The van der Waals surface area contributed by atoms with Crippen LogP contribution in [0.4, 0.5) is 17.2 Å². The number of amides is 1. The zero-order valence-corrected chi connectivity index (χ0v) is 26.1. The van der Waals surface area contributed by atoms with E-state index in [-0.39, 0.29) is 5.91 Å². The number of fused-ring (bicyclic) bond motifs is 3. The predicted molar refractivity (Wildman–Crippen MR) is 179 cm³/mol. The fourth-order valence-electron chi connectivity index (χ4n) is 5.86. The summed E-state index contributed by atoms with van der Waals surface area (Å²) in [6, 6.07) is 20.1. The lowest BCUT2D eigenvalue weighted by Crippen LogP contribution is -2.24. The van der Waals surface area contributed by atoms with E-state index in [9.17, 15) is 4.79 Å². The molecule has 0 saturated carbocycles. The Hall–Kier alpha value is -4.04. The molecule has 1 aliphatic rings. The van der Waals surface area contributed by atoms with Gasteiger partial charge in [-0.25, -0.2) is 9.97 Å². The maximum Gasteiger partial charge on any atom is 0.251 e. The van der Waals surface area contributed by atoms with Gasteiger partial charge in [-0.1, -0.05) is 53.0 Å². The van der Waals surface area contributed by atoms with Crippen LogP contribution in [0.15, 0.2) is 71.5 Å². The van der Waals surface area contributed by atoms with E-state index in [4.69, 9.17) is 4.98 Å². The Morgan fingerprint density at radius 2 is 1.70 bits per heavy atom. The zero-order chi connectivity index (χ0) is 29.6. The molecule has 1 amide bonds. The number of nitrogens with one attached hydrogen (secondary N) is 3. The molecule has 8 heteroatoms. The van der Waals surface area contributed by atoms with Gasteiger partial charge in [-0.3, -0.25) is 9.78 Å². The molecule has 0 fully saturated rings. The molecule has 1 aliphatic carbocycles. The van der Waals surface area contributed by atoms with E-state index in [0.717, 1.165) is 77.2 Å². The summed E-state index contributed by atoms with van der Waals surface area (Å²) in [6.45, 7) is 3.65. The molecule has 2 heterocycles. The number of carbonyl (C=O) groups excluding carboxylic acids is 1.